The van der Waals surface area contributed by atoms with Crippen LogP contribution < -0.4 is 15.2 Å². The number of benzene rings is 1. The Morgan fingerprint density at radius 1 is 1.28 bits per heavy atom. The van der Waals surface area contributed by atoms with Gasteiger partial charge in [0.25, 0.3) is 0 Å². The highest BCUT2D eigenvalue weighted by Crippen LogP contribution is 2.38. The summed E-state index contributed by atoms with van der Waals surface area (Å²) >= 11 is 6.32. The number of aromatic nitrogens is 4. The Morgan fingerprint density at radius 2 is 2.08 bits per heavy atom. The largest absolute Gasteiger partial charge is 0.492 e. The Bertz CT molecular complexity index is 980. The number of aromatic amines is 1. The van der Waals surface area contributed by atoms with Gasteiger partial charge in [-0.25, -0.2) is 14.8 Å². The first-order valence-corrected chi connectivity index (χ1v) is 7.95. The van der Waals surface area contributed by atoms with Gasteiger partial charge in [-0.2, -0.15) is 0 Å². The van der Waals surface area contributed by atoms with E-state index < -0.39 is 5.76 Å². The molecule has 1 aromatic carbocycles. The molecule has 0 aliphatic heterocycles. The summed E-state index contributed by atoms with van der Waals surface area (Å²) in [4.78, 5) is 22.0. The summed E-state index contributed by atoms with van der Waals surface area (Å²) in [5, 5.41) is 4.13. The molecule has 0 radical (unpaired) electrons. The molecule has 1 aliphatic carbocycles. The van der Waals surface area contributed by atoms with Crippen molar-refractivity contribution >= 4 is 11.6 Å². The zero-order valence-corrected chi connectivity index (χ0v) is 13.9. The molecule has 4 rings (SSSR count). The summed E-state index contributed by atoms with van der Waals surface area (Å²) in [5.41, 5.74) is 1.54. The number of hydrogen-bond donors (Lipinski definition) is 1. The van der Waals surface area contributed by atoms with Gasteiger partial charge in [0.05, 0.1) is 18.2 Å². The molecule has 0 atom stereocenters. The van der Waals surface area contributed by atoms with Crippen molar-refractivity contribution in [2.24, 2.45) is 0 Å². The number of ether oxygens (including phenoxy) is 2. The van der Waals surface area contributed by atoms with Crippen molar-refractivity contribution in [3.8, 4) is 34.3 Å². The first-order valence-electron chi connectivity index (χ1n) is 7.57. The van der Waals surface area contributed by atoms with E-state index in [1.54, 1.807) is 12.1 Å². The normalized spacial score (nSPS) is 13.7. The summed E-state index contributed by atoms with van der Waals surface area (Å²) in [6, 6.07) is 5.39. The van der Waals surface area contributed by atoms with Crippen LogP contribution in [-0.4, -0.2) is 33.3 Å². The van der Waals surface area contributed by atoms with Gasteiger partial charge >= 0.3 is 5.76 Å². The van der Waals surface area contributed by atoms with Crippen LogP contribution in [0, 0.1) is 0 Å². The predicted molar refractivity (Wildman–Crippen MR) is 88.8 cm³/mol. The summed E-state index contributed by atoms with van der Waals surface area (Å²) in [6.45, 7) is 0. The second-order valence-electron chi connectivity index (χ2n) is 5.51. The zero-order chi connectivity index (χ0) is 17.4. The van der Waals surface area contributed by atoms with Crippen LogP contribution in [0.25, 0.3) is 22.8 Å². The number of halogens is 1. The van der Waals surface area contributed by atoms with Crippen LogP contribution in [0.2, 0.25) is 5.02 Å². The van der Waals surface area contributed by atoms with Crippen LogP contribution >= 0.6 is 11.6 Å². The first kappa shape index (κ1) is 15.6. The third-order valence-corrected chi connectivity index (χ3v) is 3.99. The van der Waals surface area contributed by atoms with Gasteiger partial charge in [0, 0.05) is 5.56 Å². The Hall–Kier alpha value is -2.87. The molecular weight excluding hydrogens is 348 g/mol. The summed E-state index contributed by atoms with van der Waals surface area (Å²) < 4.78 is 15.7. The van der Waals surface area contributed by atoms with Gasteiger partial charge in [-0.15, -0.1) is 0 Å². The van der Waals surface area contributed by atoms with E-state index in [-0.39, 0.29) is 11.9 Å². The quantitative estimate of drug-likeness (QED) is 0.746. The highest BCUT2D eigenvalue weighted by atomic mass is 35.5. The minimum absolute atomic E-state index is 0.158. The van der Waals surface area contributed by atoms with Gasteiger partial charge in [0.1, 0.15) is 17.8 Å². The van der Waals surface area contributed by atoms with E-state index in [0.717, 1.165) is 18.4 Å². The molecule has 3 aromatic rings. The summed E-state index contributed by atoms with van der Waals surface area (Å²) in [6.07, 6.45) is 3.71. The maximum absolute atomic E-state index is 11.2. The zero-order valence-electron chi connectivity index (χ0n) is 13.2. The van der Waals surface area contributed by atoms with Crippen molar-refractivity contribution in [3.05, 3.63) is 40.1 Å². The molecule has 1 fully saturated rings. The van der Waals surface area contributed by atoms with Crippen LogP contribution in [-0.2, 0) is 0 Å². The van der Waals surface area contributed by atoms with E-state index >= 15 is 0 Å². The summed E-state index contributed by atoms with van der Waals surface area (Å²) in [7, 11) is 1.48. The second kappa shape index (κ2) is 6.21. The first-order chi connectivity index (χ1) is 12.2. The van der Waals surface area contributed by atoms with Crippen LogP contribution in [0.4, 0.5) is 0 Å². The molecule has 0 saturated heterocycles. The fraction of sp³-hybridized carbons (Fsp3) is 0.250. The number of methoxy groups -OCH3 is 1. The average Bonchev–Trinajstić information content (AvgIpc) is 3.34. The lowest BCUT2D eigenvalue weighted by atomic mass is 10.1. The average molecular weight is 361 g/mol. The third kappa shape index (κ3) is 3.08. The van der Waals surface area contributed by atoms with Gasteiger partial charge in [-0.05, 0) is 31.0 Å². The molecule has 2 aromatic heterocycles. The van der Waals surface area contributed by atoms with Crippen molar-refractivity contribution in [1.82, 2.24) is 20.1 Å². The van der Waals surface area contributed by atoms with Gasteiger partial charge < -0.3 is 9.47 Å². The molecule has 128 valence electrons. The van der Waals surface area contributed by atoms with Crippen LogP contribution in [0.15, 0.2) is 33.8 Å². The van der Waals surface area contributed by atoms with Gasteiger partial charge in [-0.3, -0.25) is 9.51 Å². The Morgan fingerprint density at radius 3 is 2.72 bits per heavy atom. The van der Waals surface area contributed by atoms with E-state index in [2.05, 4.69) is 24.6 Å². The molecule has 2 heterocycles. The molecule has 9 heteroatoms. The molecule has 0 unspecified atom stereocenters. The topological polar surface area (TPSA) is 103 Å². The number of rotatable bonds is 5. The third-order valence-electron chi connectivity index (χ3n) is 3.70. The molecule has 0 spiro atoms. The molecule has 8 nitrogen and oxygen atoms in total. The maximum Gasteiger partial charge on any atom is 0.439 e. The van der Waals surface area contributed by atoms with E-state index in [0.29, 0.717) is 27.9 Å². The van der Waals surface area contributed by atoms with E-state index in [1.165, 1.54) is 13.4 Å². The number of hydrogen-bond acceptors (Lipinski definition) is 7. The lowest BCUT2D eigenvalue weighted by Crippen LogP contribution is -2.01. The Labute approximate surface area is 146 Å². The summed E-state index contributed by atoms with van der Waals surface area (Å²) in [5.74, 6) is 0.466. The standard InChI is InChI=1S/C16H13ClN4O4/c1-23-14-12(18-7-19-13(14)15-20-16(22)25-21-15)8-2-5-11(10(17)6-8)24-9-3-4-9/h2,5-7,9H,3-4H2,1H3,(H,20,21,22). The number of nitrogens with zero attached hydrogens (tertiary/aromatic N) is 3. The molecule has 1 aliphatic rings. The lowest BCUT2D eigenvalue weighted by Gasteiger charge is -2.12. The van der Waals surface area contributed by atoms with E-state index in [1.807, 2.05) is 6.07 Å². The Kier molecular flexibility index (Phi) is 3.89. The van der Waals surface area contributed by atoms with Gasteiger partial charge in [-0.1, -0.05) is 16.8 Å². The SMILES string of the molecule is COc1c(-c2ccc(OC3CC3)c(Cl)c2)ncnc1-c1noc(=O)[nH]1. The second-order valence-corrected chi connectivity index (χ2v) is 5.92. The maximum atomic E-state index is 11.2. The van der Waals surface area contributed by atoms with Crippen molar-refractivity contribution in [2.75, 3.05) is 7.11 Å². The number of H-pyrrole nitrogens is 1. The Balaban J connectivity index is 1.77. The number of nitrogens with one attached hydrogen (secondary N) is 1. The van der Waals surface area contributed by atoms with E-state index in [4.69, 9.17) is 21.1 Å². The van der Waals surface area contributed by atoms with Crippen molar-refractivity contribution in [1.29, 1.82) is 0 Å². The van der Waals surface area contributed by atoms with E-state index in [9.17, 15) is 4.79 Å². The molecule has 25 heavy (non-hydrogen) atoms. The van der Waals surface area contributed by atoms with Gasteiger partial charge in [0.15, 0.2) is 11.4 Å². The van der Waals surface area contributed by atoms with Crippen LogP contribution in [0.1, 0.15) is 12.8 Å². The van der Waals surface area contributed by atoms with Gasteiger partial charge in [0.2, 0.25) is 5.82 Å². The van der Waals surface area contributed by atoms with Crippen molar-refractivity contribution in [2.45, 2.75) is 18.9 Å². The molecule has 0 bridgehead atoms. The molecule has 1 saturated carbocycles. The lowest BCUT2D eigenvalue weighted by molar-refractivity contribution is 0.303. The fourth-order valence-electron chi connectivity index (χ4n) is 2.38. The monoisotopic (exact) mass is 360 g/mol. The highest BCUT2D eigenvalue weighted by molar-refractivity contribution is 6.32. The molecule has 1 N–H and O–H groups in total. The molecule has 0 amide bonds. The molecular formula is C16H13ClN4O4. The van der Waals surface area contributed by atoms with Crippen molar-refractivity contribution < 1.29 is 14.0 Å². The predicted octanol–water partition coefficient (Wildman–Crippen LogP) is 2.69. The smallest absolute Gasteiger partial charge is 0.439 e. The minimum atomic E-state index is -0.679. The highest BCUT2D eigenvalue weighted by Gasteiger charge is 2.25. The van der Waals surface area contributed by atoms with Crippen molar-refractivity contribution in [3.63, 3.8) is 0 Å². The van der Waals surface area contributed by atoms with Crippen LogP contribution in [0.3, 0.4) is 0 Å². The fourth-order valence-corrected chi connectivity index (χ4v) is 2.61. The minimum Gasteiger partial charge on any atom is -0.492 e. The van der Waals surface area contributed by atoms with Crippen LogP contribution in [0.5, 0.6) is 11.5 Å².